The highest BCUT2D eigenvalue weighted by Crippen LogP contribution is 2.26. The predicted octanol–water partition coefficient (Wildman–Crippen LogP) is 4.81. The van der Waals surface area contributed by atoms with Gasteiger partial charge in [-0.15, -0.1) is 0 Å². The summed E-state index contributed by atoms with van der Waals surface area (Å²) in [6.07, 6.45) is -0.796. The summed E-state index contributed by atoms with van der Waals surface area (Å²) in [7, 11) is 0. The van der Waals surface area contributed by atoms with Gasteiger partial charge < -0.3 is 14.5 Å². The van der Waals surface area contributed by atoms with Crippen LogP contribution in [0.5, 0.6) is 5.75 Å². The number of hydrogen-bond donors (Lipinski definition) is 1. The van der Waals surface area contributed by atoms with Gasteiger partial charge in [0.25, 0.3) is 5.91 Å². The van der Waals surface area contributed by atoms with Crippen LogP contribution in [0.4, 0.5) is 5.69 Å². The molecule has 0 saturated carbocycles. The zero-order chi connectivity index (χ0) is 18.8. The van der Waals surface area contributed by atoms with Crippen LogP contribution in [-0.2, 0) is 4.79 Å². The first-order chi connectivity index (χ1) is 12.3. The minimum atomic E-state index is -0.796. The normalized spacial score (nSPS) is 12.0. The Kier molecular flexibility index (Phi) is 5.20. The highest BCUT2D eigenvalue weighted by molar-refractivity contribution is 6.36. The molecule has 3 aromatic rings. The number of nitrogens with one attached hydrogen (secondary N) is 1. The van der Waals surface area contributed by atoms with Gasteiger partial charge >= 0.3 is 5.63 Å². The van der Waals surface area contributed by atoms with Gasteiger partial charge in [0.15, 0.2) is 6.10 Å². The summed E-state index contributed by atoms with van der Waals surface area (Å²) in [5, 5.41) is 4.30. The van der Waals surface area contributed by atoms with Gasteiger partial charge in [0.05, 0.1) is 10.7 Å². The Hall–Kier alpha value is -2.50. The number of halogens is 2. The maximum Gasteiger partial charge on any atom is 0.336 e. The molecule has 5 nitrogen and oxygen atoms in total. The Morgan fingerprint density at radius 3 is 2.65 bits per heavy atom. The third-order valence-electron chi connectivity index (χ3n) is 3.79. The fraction of sp³-hybridized carbons (Fsp3) is 0.158. The molecule has 0 fully saturated rings. The van der Waals surface area contributed by atoms with Crippen LogP contribution in [-0.4, -0.2) is 12.0 Å². The maximum atomic E-state index is 12.3. The SMILES string of the molecule is Cc1cc(=O)oc2cc(OC(C)C(=O)Nc3ccc(Cl)cc3Cl)ccc12. The van der Waals surface area contributed by atoms with Gasteiger partial charge in [-0.1, -0.05) is 23.2 Å². The van der Waals surface area contributed by atoms with Gasteiger partial charge in [-0.3, -0.25) is 4.79 Å². The number of carbonyl (C=O) groups excluding carboxylic acids is 1. The van der Waals surface area contributed by atoms with E-state index in [4.69, 9.17) is 32.4 Å². The van der Waals surface area contributed by atoms with Crippen LogP contribution in [0.25, 0.3) is 11.0 Å². The number of anilines is 1. The van der Waals surface area contributed by atoms with Crippen LogP contribution in [0.15, 0.2) is 51.7 Å². The smallest absolute Gasteiger partial charge is 0.336 e. The lowest BCUT2D eigenvalue weighted by Crippen LogP contribution is -2.30. The Labute approximate surface area is 159 Å². The molecule has 1 atom stereocenters. The fourth-order valence-electron chi connectivity index (χ4n) is 2.46. The Balaban J connectivity index is 1.76. The summed E-state index contributed by atoms with van der Waals surface area (Å²) < 4.78 is 10.8. The quantitative estimate of drug-likeness (QED) is 0.647. The predicted molar refractivity (Wildman–Crippen MR) is 102 cm³/mol. The molecule has 7 heteroatoms. The van der Waals surface area contributed by atoms with Crippen molar-refractivity contribution in [1.82, 2.24) is 0 Å². The molecule has 3 rings (SSSR count). The Bertz CT molecular complexity index is 1050. The average molecular weight is 392 g/mol. The first-order valence-corrected chi connectivity index (χ1v) is 8.56. The summed E-state index contributed by atoms with van der Waals surface area (Å²) >= 11 is 11.9. The van der Waals surface area contributed by atoms with E-state index in [9.17, 15) is 9.59 Å². The largest absolute Gasteiger partial charge is 0.481 e. The first-order valence-electron chi connectivity index (χ1n) is 7.80. The van der Waals surface area contributed by atoms with E-state index in [1.165, 1.54) is 12.1 Å². The van der Waals surface area contributed by atoms with Crippen molar-refractivity contribution in [3.8, 4) is 5.75 Å². The van der Waals surface area contributed by atoms with E-state index >= 15 is 0 Å². The van der Waals surface area contributed by atoms with E-state index in [2.05, 4.69) is 5.32 Å². The zero-order valence-corrected chi connectivity index (χ0v) is 15.5. The van der Waals surface area contributed by atoms with Crippen LogP contribution in [0.3, 0.4) is 0 Å². The molecular weight excluding hydrogens is 377 g/mol. The van der Waals surface area contributed by atoms with Crippen molar-refractivity contribution in [3.63, 3.8) is 0 Å². The molecule has 0 spiro atoms. The molecule has 0 bridgehead atoms. The van der Waals surface area contributed by atoms with Crippen molar-refractivity contribution in [1.29, 1.82) is 0 Å². The van der Waals surface area contributed by atoms with E-state index in [0.29, 0.717) is 27.1 Å². The summed E-state index contributed by atoms with van der Waals surface area (Å²) in [5.41, 5.74) is 1.22. The number of amides is 1. The highest BCUT2D eigenvalue weighted by Gasteiger charge is 2.17. The molecule has 134 valence electrons. The van der Waals surface area contributed by atoms with E-state index in [1.54, 1.807) is 37.3 Å². The monoisotopic (exact) mass is 391 g/mol. The zero-order valence-electron chi connectivity index (χ0n) is 14.0. The molecular formula is C19H15Cl2NO4. The minimum Gasteiger partial charge on any atom is -0.481 e. The molecule has 0 aliphatic rings. The van der Waals surface area contributed by atoms with E-state index in [-0.39, 0.29) is 5.91 Å². The number of benzene rings is 2. The van der Waals surface area contributed by atoms with Crippen LogP contribution < -0.4 is 15.7 Å². The maximum absolute atomic E-state index is 12.3. The van der Waals surface area contributed by atoms with Gasteiger partial charge in [-0.05, 0) is 49.7 Å². The number of rotatable bonds is 4. The van der Waals surface area contributed by atoms with Crippen molar-refractivity contribution in [2.75, 3.05) is 5.32 Å². The minimum absolute atomic E-state index is 0.334. The molecule has 0 aliphatic carbocycles. The van der Waals surface area contributed by atoms with Gasteiger partial charge in [-0.25, -0.2) is 4.79 Å². The molecule has 1 unspecified atom stereocenters. The number of ether oxygens (including phenoxy) is 1. The molecule has 2 aromatic carbocycles. The lowest BCUT2D eigenvalue weighted by molar-refractivity contribution is -0.122. The summed E-state index contributed by atoms with van der Waals surface area (Å²) in [5.74, 6) is 0.0381. The van der Waals surface area contributed by atoms with E-state index < -0.39 is 11.7 Å². The molecule has 1 amide bonds. The molecule has 1 aromatic heterocycles. The van der Waals surface area contributed by atoms with Crippen molar-refractivity contribution in [2.24, 2.45) is 0 Å². The lowest BCUT2D eigenvalue weighted by atomic mass is 10.1. The van der Waals surface area contributed by atoms with Gasteiger partial charge in [0.1, 0.15) is 11.3 Å². The number of hydrogen-bond acceptors (Lipinski definition) is 4. The summed E-state index contributed by atoms with van der Waals surface area (Å²) in [6.45, 7) is 3.43. The average Bonchev–Trinajstić information content (AvgIpc) is 2.56. The third kappa shape index (κ3) is 4.00. The fourth-order valence-corrected chi connectivity index (χ4v) is 2.92. The van der Waals surface area contributed by atoms with Crippen molar-refractivity contribution < 1.29 is 13.9 Å². The second-order valence-electron chi connectivity index (χ2n) is 5.78. The van der Waals surface area contributed by atoms with Gasteiger partial charge in [-0.2, -0.15) is 0 Å². The third-order valence-corrected chi connectivity index (χ3v) is 4.34. The topological polar surface area (TPSA) is 68.5 Å². The number of fused-ring (bicyclic) bond motifs is 1. The van der Waals surface area contributed by atoms with Crippen LogP contribution >= 0.6 is 23.2 Å². The lowest BCUT2D eigenvalue weighted by Gasteiger charge is -2.15. The molecule has 0 aliphatic heterocycles. The highest BCUT2D eigenvalue weighted by atomic mass is 35.5. The van der Waals surface area contributed by atoms with E-state index in [1.807, 2.05) is 6.92 Å². The summed E-state index contributed by atoms with van der Waals surface area (Å²) in [6, 6.07) is 11.3. The van der Waals surface area contributed by atoms with Gasteiger partial charge in [0, 0.05) is 22.5 Å². The molecule has 0 saturated heterocycles. The van der Waals surface area contributed by atoms with Crippen LogP contribution in [0.1, 0.15) is 12.5 Å². The van der Waals surface area contributed by atoms with Crippen molar-refractivity contribution in [3.05, 3.63) is 68.5 Å². The standard InChI is InChI=1S/C19H15Cl2NO4/c1-10-7-18(23)26-17-9-13(4-5-14(10)17)25-11(2)19(24)22-16-6-3-12(20)8-15(16)21/h3-9,11H,1-2H3,(H,22,24). The Morgan fingerprint density at radius 2 is 1.92 bits per heavy atom. The summed E-state index contributed by atoms with van der Waals surface area (Å²) in [4.78, 5) is 23.8. The van der Waals surface area contributed by atoms with Crippen LogP contribution in [0.2, 0.25) is 10.0 Å². The number of carbonyl (C=O) groups is 1. The number of aryl methyl sites for hydroxylation is 1. The van der Waals surface area contributed by atoms with Crippen molar-refractivity contribution >= 4 is 45.8 Å². The molecule has 0 radical (unpaired) electrons. The molecule has 1 N–H and O–H groups in total. The second-order valence-corrected chi connectivity index (χ2v) is 6.62. The molecule has 1 heterocycles. The van der Waals surface area contributed by atoms with Gasteiger partial charge in [0.2, 0.25) is 0 Å². The van der Waals surface area contributed by atoms with E-state index in [0.717, 1.165) is 10.9 Å². The second kappa shape index (κ2) is 7.40. The molecule has 26 heavy (non-hydrogen) atoms. The Morgan fingerprint density at radius 1 is 1.15 bits per heavy atom. The first kappa shape index (κ1) is 18.3. The van der Waals surface area contributed by atoms with Crippen molar-refractivity contribution in [2.45, 2.75) is 20.0 Å². The van der Waals surface area contributed by atoms with Crippen LogP contribution in [0, 0.1) is 6.92 Å².